The fraction of sp³-hybridized carbons (Fsp3) is 0.714. The summed E-state index contributed by atoms with van der Waals surface area (Å²) in [6, 6.07) is 0. The van der Waals surface area contributed by atoms with Crippen molar-refractivity contribution >= 4 is 0 Å². The van der Waals surface area contributed by atoms with E-state index in [1.54, 1.807) is 0 Å². The molecule has 0 aromatic rings. The van der Waals surface area contributed by atoms with Gasteiger partial charge in [-0.1, -0.05) is 6.08 Å². The summed E-state index contributed by atoms with van der Waals surface area (Å²) in [4.78, 5) is 0. The summed E-state index contributed by atoms with van der Waals surface area (Å²) in [7, 11) is 0. The van der Waals surface area contributed by atoms with E-state index in [9.17, 15) is 0 Å². The van der Waals surface area contributed by atoms with E-state index in [-0.39, 0.29) is 6.61 Å². The third-order valence-electron chi connectivity index (χ3n) is 0.537. The Morgan fingerprint density at radius 1 is 1.44 bits per heavy atom. The van der Waals surface area contributed by atoms with Gasteiger partial charge in [0.05, 0.1) is 6.61 Å². The zero-order valence-corrected chi connectivity index (χ0v) is 6.26. The van der Waals surface area contributed by atoms with Crippen LogP contribution in [0, 0.1) is 0 Å². The average molecular weight is 132 g/mol. The predicted molar refractivity (Wildman–Crippen MR) is 39.4 cm³/mol. The van der Waals surface area contributed by atoms with Crippen molar-refractivity contribution in [1.82, 2.24) is 0 Å². The van der Waals surface area contributed by atoms with Crippen LogP contribution in [0.3, 0.4) is 0 Å². The Bertz CT molecular complexity index is 42.2. The van der Waals surface area contributed by atoms with Gasteiger partial charge in [0.15, 0.2) is 0 Å². The summed E-state index contributed by atoms with van der Waals surface area (Å²) >= 11 is 0. The van der Waals surface area contributed by atoms with Crippen molar-refractivity contribution in [2.75, 3.05) is 19.8 Å². The molecule has 2 heteroatoms. The third-order valence-corrected chi connectivity index (χ3v) is 0.537. The van der Waals surface area contributed by atoms with Gasteiger partial charge in [0.1, 0.15) is 0 Å². The van der Waals surface area contributed by atoms with E-state index in [0.717, 1.165) is 13.2 Å². The molecule has 0 aliphatic heterocycles. The second-order valence-electron chi connectivity index (χ2n) is 1.25. The van der Waals surface area contributed by atoms with Crippen molar-refractivity contribution in [3.63, 3.8) is 0 Å². The van der Waals surface area contributed by atoms with E-state index in [0.29, 0.717) is 0 Å². The van der Waals surface area contributed by atoms with E-state index in [2.05, 4.69) is 6.58 Å². The first-order valence-electron chi connectivity index (χ1n) is 3.12. The number of ether oxygens (including phenoxy) is 1. The van der Waals surface area contributed by atoms with Crippen molar-refractivity contribution in [3.05, 3.63) is 12.7 Å². The van der Waals surface area contributed by atoms with Crippen molar-refractivity contribution in [1.29, 1.82) is 0 Å². The maximum absolute atomic E-state index is 7.76. The first-order valence-corrected chi connectivity index (χ1v) is 3.12. The number of aliphatic hydroxyl groups excluding tert-OH is 1. The van der Waals surface area contributed by atoms with Crippen LogP contribution < -0.4 is 0 Å². The molecule has 0 aromatic heterocycles. The van der Waals surface area contributed by atoms with Gasteiger partial charge in [0.2, 0.25) is 0 Å². The SMILES string of the molecule is C=CCO.CCOCC. The van der Waals surface area contributed by atoms with Crippen LogP contribution in [0.25, 0.3) is 0 Å². The minimum Gasteiger partial charge on any atom is -0.392 e. The van der Waals surface area contributed by atoms with Crippen LogP contribution in [0.2, 0.25) is 0 Å². The predicted octanol–water partition coefficient (Wildman–Crippen LogP) is 1.21. The van der Waals surface area contributed by atoms with Gasteiger partial charge in [0, 0.05) is 13.2 Å². The molecule has 0 fully saturated rings. The highest BCUT2D eigenvalue weighted by molar-refractivity contribution is 4.60. The van der Waals surface area contributed by atoms with Gasteiger partial charge in [0.25, 0.3) is 0 Å². The summed E-state index contributed by atoms with van der Waals surface area (Å²) in [5.74, 6) is 0. The largest absolute Gasteiger partial charge is 0.392 e. The fourth-order valence-electron chi connectivity index (χ4n) is 0.204. The van der Waals surface area contributed by atoms with Gasteiger partial charge in [-0.05, 0) is 13.8 Å². The Morgan fingerprint density at radius 2 is 1.78 bits per heavy atom. The lowest BCUT2D eigenvalue weighted by molar-refractivity contribution is 0.162. The summed E-state index contributed by atoms with van der Waals surface area (Å²) < 4.78 is 4.83. The van der Waals surface area contributed by atoms with Crippen LogP contribution in [-0.4, -0.2) is 24.9 Å². The molecule has 0 unspecified atom stereocenters. The Hall–Kier alpha value is -0.340. The normalized spacial score (nSPS) is 7.44. The zero-order chi connectivity index (χ0) is 7.54. The summed E-state index contributed by atoms with van der Waals surface area (Å²) in [6.45, 7) is 8.98. The van der Waals surface area contributed by atoms with Gasteiger partial charge >= 0.3 is 0 Å². The molecular formula is C7H16O2. The standard InChI is InChI=1S/C4H10O.C3H6O/c1-3-5-4-2;1-2-3-4/h3-4H2,1-2H3;2,4H,1,3H2. The molecule has 0 radical (unpaired) electrons. The molecule has 9 heavy (non-hydrogen) atoms. The van der Waals surface area contributed by atoms with Crippen LogP contribution in [0.1, 0.15) is 13.8 Å². The van der Waals surface area contributed by atoms with E-state index in [1.165, 1.54) is 6.08 Å². The summed E-state index contributed by atoms with van der Waals surface area (Å²) in [6.07, 6.45) is 1.43. The first kappa shape index (κ1) is 11.5. The highest BCUT2D eigenvalue weighted by Crippen LogP contribution is 1.64. The molecule has 0 saturated heterocycles. The average Bonchev–Trinajstić information content (AvgIpc) is 1.91. The molecule has 0 atom stereocenters. The minimum absolute atomic E-state index is 0.0833. The maximum atomic E-state index is 7.76. The fourth-order valence-corrected chi connectivity index (χ4v) is 0.204. The lowest BCUT2D eigenvalue weighted by atomic mass is 10.7. The molecule has 1 N–H and O–H groups in total. The van der Waals surface area contributed by atoms with Gasteiger partial charge in [-0.2, -0.15) is 0 Å². The number of rotatable bonds is 3. The molecule has 0 saturated carbocycles. The number of hydrogen-bond acceptors (Lipinski definition) is 2. The monoisotopic (exact) mass is 132 g/mol. The number of hydrogen-bond donors (Lipinski definition) is 1. The Balaban J connectivity index is 0. The van der Waals surface area contributed by atoms with Crippen molar-refractivity contribution in [3.8, 4) is 0 Å². The van der Waals surface area contributed by atoms with Crippen molar-refractivity contribution in [2.45, 2.75) is 13.8 Å². The molecule has 0 bridgehead atoms. The highest BCUT2D eigenvalue weighted by Gasteiger charge is 1.64. The molecule has 0 heterocycles. The molecule has 0 rings (SSSR count). The van der Waals surface area contributed by atoms with Crippen LogP contribution >= 0.6 is 0 Å². The molecule has 0 spiro atoms. The third kappa shape index (κ3) is 34.7. The van der Waals surface area contributed by atoms with E-state index in [1.807, 2.05) is 13.8 Å². The Labute approximate surface area is 57.2 Å². The van der Waals surface area contributed by atoms with E-state index >= 15 is 0 Å². The lowest BCUT2D eigenvalue weighted by Crippen LogP contribution is -1.84. The van der Waals surface area contributed by atoms with Gasteiger partial charge < -0.3 is 9.84 Å². The zero-order valence-electron chi connectivity index (χ0n) is 6.26. The lowest BCUT2D eigenvalue weighted by Gasteiger charge is -1.86. The smallest absolute Gasteiger partial charge is 0.0609 e. The topological polar surface area (TPSA) is 29.5 Å². The van der Waals surface area contributed by atoms with Crippen LogP contribution in [-0.2, 0) is 4.74 Å². The van der Waals surface area contributed by atoms with Crippen molar-refractivity contribution < 1.29 is 9.84 Å². The van der Waals surface area contributed by atoms with Crippen molar-refractivity contribution in [2.24, 2.45) is 0 Å². The summed E-state index contributed by atoms with van der Waals surface area (Å²) in [5.41, 5.74) is 0. The molecule has 0 aliphatic carbocycles. The van der Waals surface area contributed by atoms with Gasteiger partial charge in [-0.25, -0.2) is 0 Å². The Kier molecular flexibility index (Phi) is 19.9. The summed E-state index contributed by atoms with van der Waals surface area (Å²) in [5, 5.41) is 7.76. The second kappa shape index (κ2) is 15.6. The molecule has 56 valence electrons. The molecule has 0 aliphatic rings. The van der Waals surface area contributed by atoms with Crippen LogP contribution in [0.4, 0.5) is 0 Å². The minimum atomic E-state index is 0.0833. The van der Waals surface area contributed by atoms with Crippen LogP contribution in [0.15, 0.2) is 12.7 Å². The molecular weight excluding hydrogens is 116 g/mol. The molecule has 0 amide bonds. The quantitative estimate of drug-likeness (QED) is 0.585. The van der Waals surface area contributed by atoms with Gasteiger partial charge in [-0.15, -0.1) is 6.58 Å². The van der Waals surface area contributed by atoms with Gasteiger partial charge in [-0.3, -0.25) is 0 Å². The number of aliphatic hydroxyl groups is 1. The molecule has 2 nitrogen and oxygen atoms in total. The highest BCUT2D eigenvalue weighted by atomic mass is 16.5. The van der Waals surface area contributed by atoms with Crippen LogP contribution in [0.5, 0.6) is 0 Å². The molecule has 0 aromatic carbocycles. The Morgan fingerprint density at radius 3 is 1.78 bits per heavy atom. The van der Waals surface area contributed by atoms with E-state index in [4.69, 9.17) is 9.84 Å². The maximum Gasteiger partial charge on any atom is 0.0609 e. The van der Waals surface area contributed by atoms with E-state index < -0.39 is 0 Å². The second-order valence-corrected chi connectivity index (χ2v) is 1.25. The first-order chi connectivity index (χ1) is 4.33.